The van der Waals surface area contributed by atoms with Crippen molar-refractivity contribution in [2.45, 2.75) is 12.5 Å². The molecule has 0 radical (unpaired) electrons. The Bertz CT molecular complexity index is 398. The van der Waals surface area contributed by atoms with Crippen LogP contribution in [0.25, 0.3) is 0 Å². The number of hydrogen-bond acceptors (Lipinski definition) is 4. The number of anilines is 1. The van der Waals surface area contributed by atoms with E-state index in [1.807, 2.05) is 12.1 Å². The second-order valence-corrected chi connectivity index (χ2v) is 4.12. The molecule has 0 aliphatic heterocycles. The van der Waals surface area contributed by atoms with E-state index in [1.54, 1.807) is 26.4 Å². The smallest absolute Gasteiger partial charge is 0.319 e. The minimum atomic E-state index is -0.266. The largest absolute Gasteiger partial charge is 0.497 e. The summed E-state index contributed by atoms with van der Waals surface area (Å²) in [6.07, 6.45) is 0.666. The van der Waals surface area contributed by atoms with Gasteiger partial charge in [-0.1, -0.05) is 6.07 Å². The molecule has 106 valence electrons. The van der Waals surface area contributed by atoms with Gasteiger partial charge in [0, 0.05) is 31.5 Å². The zero-order valence-corrected chi connectivity index (χ0v) is 11.3. The summed E-state index contributed by atoms with van der Waals surface area (Å²) in [4.78, 5) is 11.6. The number of nitrogens with two attached hydrogens (primary N) is 1. The standard InChI is InChI=1S/C13H21N3O3/c1-18-9-10(14)6-7-15-13(17)16-11-4-3-5-12(8-11)19-2/h3-5,8,10H,6-7,9,14H2,1-2H3,(H2,15,16,17). The molecule has 0 fully saturated rings. The first-order valence-corrected chi connectivity index (χ1v) is 6.09. The van der Waals surface area contributed by atoms with E-state index in [0.717, 1.165) is 0 Å². The molecule has 0 aromatic heterocycles. The Labute approximate surface area is 113 Å². The number of nitrogens with one attached hydrogen (secondary N) is 2. The third kappa shape index (κ3) is 6.08. The van der Waals surface area contributed by atoms with Gasteiger partial charge in [-0.25, -0.2) is 4.79 Å². The van der Waals surface area contributed by atoms with Gasteiger partial charge in [0.05, 0.1) is 13.7 Å². The number of methoxy groups -OCH3 is 2. The van der Waals surface area contributed by atoms with Crippen molar-refractivity contribution < 1.29 is 14.3 Å². The first-order valence-electron chi connectivity index (χ1n) is 6.09. The quantitative estimate of drug-likeness (QED) is 0.692. The van der Waals surface area contributed by atoms with Gasteiger partial charge in [-0.05, 0) is 18.6 Å². The molecule has 0 saturated carbocycles. The lowest BCUT2D eigenvalue weighted by Gasteiger charge is -2.12. The van der Waals surface area contributed by atoms with Gasteiger partial charge in [0.15, 0.2) is 0 Å². The van der Waals surface area contributed by atoms with Gasteiger partial charge in [0.25, 0.3) is 0 Å². The molecule has 1 aromatic rings. The summed E-state index contributed by atoms with van der Waals surface area (Å²) in [6.45, 7) is 0.986. The van der Waals surface area contributed by atoms with Crippen LogP contribution in [0.5, 0.6) is 5.75 Å². The van der Waals surface area contributed by atoms with Crippen molar-refractivity contribution in [2.24, 2.45) is 5.73 Å². The van der Waals surface area contributed by atoms with E-state index in [4.69, 9.17) is 15.2 Å². The Morgan fingerprint density at radius 2 is 2.21 bits per heavy atom. The van der Waals surface area contributed by atoms with Gasteiger partial charge in [0.1, 0.15) is 5.75 Å². The molecule has 4 N–H and O–H groups in total. The maximum absolute atomic E-state index is 11.6. The van der Waals surface area contributed by atoms with Crippen molar-refractivity contribution >= 4 is 11.7 Å². The van der Waals surface area contributed by atoms with Crippen LogP contribution in [-0.4, -0.2) is 39.4 Å². The van der Waals surface area contributed by atoms with E-state index >= 15 is 0 Å². The number of rotatable bonds is 7. The third-order valence-corrected chi connectivity index (χ3v) is 2.51. The maximum Gasteiger partial charge on any atom is 0.319 e. The fourth-order valence-corrected chi connectivity index (χ4v) is 1.54. The van der Waals surface area contributed by atoms with Crippen molar-refractivity contribution in [3.63, 3.8) is 0 Å². The summed E-state index contributed by atoms with van der Waals surface area (Å²) in [5.74, 6) is 0.694. The zero-order valence-electron chi connectivity index (χ0n) is 11.3. The maximum atomic E-state index is 11.6. The lowest BCUT2D eigenvalue weighted by molar-refractivity contribution is 0.177. The van der Waals surface area contributed by atoms with Gasteiger partial charge in [0.2, 0.25) is 0 Å². The van der Waals surface area contributed by atoms with Crippen molar-refractivity contribution in [2.75, 3.05) is 32.7 Å². The molecule has 6 heteroatoms. The number of benzene rings is 1. The van der Waals surface area contributed by atoms with Gasteiger partial charge < -0.3 is 25.8 Å². The lowest BCUT2D eigenvalue weighted by atomic mass is 10.2. The first kappa shape index (κ1) is 15.3. The van der Waals surface area contributed by atoms with Crippen LogP contribution < -0.4 is 21.1 Å². The Morgan fingerprint density at radius 3 is 2.89 bits per heavy atom. The van der Waals surface area contributed by atoms with E-state index in [9.17, 15) is 4.79 Å². The average Bonchev–Trinajstić information content (AvgIpc) is 2.39. The molecule has 1 aromatic carbocycles. The highest BCUT2D eigenvalue weighted by Crippen LogP contribution is 2.16. The Morgan fingerprint density at radius 1 is 1.42 bits per heavy atom. The summed E-state index contributed by atoms with van der Waals surface area (Å²) in [5.41, 5.74) is 6.43. The molecule has 0 aliphatic carbocycles. The van der Waals surface area contributed by atoms with Gasteiger partial charge in [-0.15, -0.1) is 0 Å². The monoisotopic (exact) mass is 267 g/mol. The Balaban J connectivity index is 2.30. The van der Waals surface area contributed by atoms with E-state index in [-0.39, 0.29) is 12.1 Å². The Hall–Kier alpha value is -1.79. The second kappa shape index (κ2) is 8.34. The van der Waals surface area contributed by atoms with Crippen LogP contribution in [-0.2, 0) is 4.74 Å². The SMILES string of the molecule is COCC(N)CCNC(=O)Nc1cccc(OC)c1. The minimum Gasteiger partial charge on any atom is -0.497 e. The van der Waals surface area contributed by atoms with Crippen LogP contribution in [0.3, 0.4) is 0 Å². The lowest BCUT2D eigenvalue weighted by Crippen LogP contribution is -2.35. The van der Waals surface area contributed by atoms with Gasteiger partial charge in [-0.3, -0.25) is 0 Å². The fourth-order valence-electron chi connectivity index (χ4n) is 1.54. The first-order chi connectivity index (χ1) is 9.15. The van der Waals surface area contributed by atoms with Crippen LogP contribution in [0.15, 0.2) is 24.3 Å². The molecule has 0 heterocycles. The molecule has 1 atom stereocenters. The predicted molar refractivity (Wildman–Crippen MR) is 74.5 cm³/mol. The number of amides is 2. The molecule has 1 unspecified atom stereocenters. The molecule has 1 rings (SSSR count). The van der Waals surface area contributed by atoms with Crippen molar-refractivity contribution in [3.05, 3.63) is 24.3 Å². The Kier molecular flexibility index (Phi) is 6.70. The molecular weight excluding hydrogens is 246 g/mol. The minimum absolute atomic E-state index is 0.0675. The summed E-state index contributed by atoms with van der Waals surface area (Å²) in [6, 6.07) is 6.82. The number of carbonyl (C=O) groups is 1. The summed E-state index contributed by atoms with van der Waals surface area (Å²) in [7, 11) is 3.18. The fraction of sp³-hybridized carbons (Fsp3) is 0.462. The molecule has 0 saturated heterocycles. The summed E-state index contributed by atoms with van der Waals surface area (Å²) in [5, 5.41) is 5.45. The number of urea groups is 1. The number of hydrogen-bond donors (Lipinski definition) is 3. The zero-order chi connectivity index (χ0) is 14.1. The van der Waals surface area contributed by atoms with Crippen molar-refractivity contribution in [1.29, 1.82) is 0 Å². The second-order valence-electron chi connectivity index (χ2n) is 4.12. The highest BCUT2D eigenvalue weighted by molar-refractivity contribution is 5.89. The summed E-state index contributed by atoms with van der Waals surface area (Å²) < 4.78 is 9.99. The number of ether oxygens (including phenoxy) is 2. The molecule has 6 nitrogen and oxygen atoms in total. The van der Waals surface area contributed by atoms with Crippen LogP contribution in [0, 0.1) is 0 Å². The van der Waals surface area contributed by atoms with E-state index in [1.165, 1.54) is 0 Å². The van der Waals surface area contributed by atoms with Crippen LogP contribution >= 0.6 is 0 Å². The van der Waals surface area contributed by atoms with Crippen molar-refractivity contribution in [1.82, 2.24) is 5.32 Å². The van der Waals surface area contributed by atoms with E-state index < -0.39 is 0 Å². The molecule has 0 bridgehead atoms. The van der Waals surface area contributed by atoms with Gasteiger partial charge in [-0.2, -0.15) is 0 Å². The highest BCUT2D eigenvalue weighted by atomic mass is 16.5. The van der Waals surface area contributed by atoms with Crippen LogP contribution in [0.1, 0.15) is 6.42 Å². The molecular formula is C13H21N3O3. The average molecular weight is 267 g/mol. The number of carbonyl (C=O) groups excluding carboxylic acids is 1. The molecule has 2 amide bonds. The molecule has 19 heavy (non-hydrogen) atoms. The normalized spacial score (nSPS) is 11.7. The summed E-state index contributed by atoms with van der Waals surface area (Å²) >= 11 is 0. The highest BCUT2D eigenvalue weighted by Gasteiger charge is 2.05. The molecule has 0 spiro atoms. The van der Waals surface area contributed by atoms with E-state index in [2.05, 4.69) is 10.6 Å². The van der Waals surface area contributed by atoms with E-state index in [0.29, 0.717) is 31.0 Å². The topological polar surface area (TPSA) is 85.6 Å². The van der Waals surface area contributed by atoms with Gasteiger partial charge >= 0.3 is 6.03 Å². The molecule has 0 aliphatic rings. The predicted octanol–water partition coefficient (Wildman–Crippen LogP) is 1.18. The third-order valence-electron chi connectivity index (χ3n) is 2.51. The van der Waals surface area contributed by atoms with Crippen LogP contribution in [0.2, 0.25) is 0 Å². The van der Waals surface area contributed by atoms with Crippen LogP contribution in [0.4, 0.5) is 10.5 Å². The van der Waals surface area contributed by atoms with Crippen molar-refractivity contribution in [3.8, 4) is 5.75 Å².